The number of methoxy groups -OCH3 is 3. The molecule has 19 heavy (non-hydrogen) atoms. The fourth-order valence-electron chi connectivity index (χ4n) is 1.85. The Morgan fingerprint density at radius 3 is 2.11 bits per heavy atom. The fourth-order valence-corrected chi connectivity index (χ4v) is 1.85. The van der Waals surface area contributed by atoms with Gasteiger partial charge in [0.2, 0.25) is 5.91 Å². The van der Waals surface area contributed by atoms with Crippen molar-refractivity contribution < 1.29 is 19.0 Å². The number of nitrogens with two attached hydrogens (primary N) is 1. The van der Waals surface area contributed by atoms with E-state index in [-0.39, 0.29) is 0 Å². The summed E-state index contributed by atoms with van der Waals surface area (Å²) < 4.78 is 15.7. The van der Waals surface area contributed by atoms with Gasteiger partial charge in [-0.15, -0.1) is 0 Å². The minimum atomic E-state index is -0.639. The van der Waals surface area contributed by atoms with Crippen LogP contribution in [0.25, 0.3) is 0 Å². The number of amides is 1. The maximum absolute atomic E-state index is 11.5. The van der Waals surface area contributed by atoms with Crippen molar-refractivity contribution >= 4 is 5.91 Å². The zero-order valence-corrected chi connectivity index (χ0v) is 11.6. The Balaban J connectivity index is 3.34. The molecule has 1 amide bonds. The van der Waals surface area contributed by atoms with Gasteiger partial charge >= 0.3 is 0 Å². The number of nitrogens with one attached hydrogen (secondary N) is 1. The first-order valence-corrected chi connectivity index (χ1v) is 5.91. The molecule has 3 N–H and O–H groups in total. The van der Waals surface area contributed by atoms with E-state index in [2.05, 4.69) is 5.32 Å². The van der Waals surface area contributed by atoms with Gasteiger partial charge in [-0.05, 0) is 12.6 Å². The lowest BCUT2D eigenvalue weighted by atomic mass is 10.0. The summed E-state index contributed by atoms with van der Waals surface area (Å²) in [5.74, 6) is 1.08. The molecule has 1 atom stereocenters. The number of benzene rings is 1. The van der Waals surface area contributed by atoms with Gasteiger partial charge in [-0.2, -0.15) is 0 Å². The van der Waals surface area contributed by atoms with Crippen LogP contribution in [0.4, 0.5) is 0 Å². The molecule has 0 aliphatic rings. The molecule has 0 saturated carbocycles. The summed E-state index contributed by atoms with van der Waals surface area (Å²) in [6, 6.07) is 2.72. The number of likely N-dealkylation sites (N-methyl/N-ethyl adjacent to an activating group) is 1. The molecular formula is C13H20N2O4. The van der Waals surface area contributed by atoms with Crippen molar-refractivity contribution in [1.29, 1.82) is 0 Å². The number of carbonyl (C=O) groups excluding carboxylic acids is 1. The Kier molecular flexibility index (Phi) is 5.44. The van der Waals surface area contributed by atoms with Gasteiger partial charge in [-0.3, -0.25) is 4.79 Å². The zero-order valence-electron chi connectivity index (χ0n) is 11.6. The lowest BCUT2D eigenvalue weighted by Crippen LogP contribution is -2.33. The standard InChI is InChI=1S/C13H20N2O4/c1-5-15-12(13(14)16)8-6-10(18-3)11(19-4)7-9(8)17-2/h6-7,12,15H,5H2,1-4H3,(H2,14,16). The number of rotatable bonds is 7. The van der Waals surface area contributed by atoms with Crippen LogP contribution in [0.2, 0.25) is 0 Å². The van der Waals surface area contributed by atoms with E-state index in [9.17, 15) is 4.79 Å². The molecule has 0 heterocycles. The number of carbonyl (C=O) groups is 1. The highest BCUT2D eigenvalue weighted by Gasteiger charge is 2.23. The van der Waals surface area contributed by atoms with E-state index in [1.165, 1.54) is 21.3 Å². The van der Waals surface area contributed by atoms with E-state index in [1.54, 1.807) is 12.1 Å². The van der Waals surface area contributed by atoms with Crippen molar-refractivity contribution in [1.82, 2.24) is 5.32 Å². The van der Waals surface area contributed by atoms with E-state index < -0.39 is 11.9 Å². The van der Waals surface area contributed by atoms with Gasteiger partial charge in [0.25, 0.3) is 0 Å². The third kappa shape index (κ3) is 3.29. The monoisotopic (exact) mass is 268 g/mol. The molecule has 0 radical (unpaired) electrons. The Bertz CT molecular complexity index is 449. The Labute approximate surface area is 112 Å². The maximum Gasteiger partial charge on any atom is 0.239 e. The molecule has 6 heteroatoms. The Hall–Kier alpha value is -1.95. The topological polar surface area (TPSA) is 82.8 Å². The highest BCUT2D eigenvalue weighted by atomic mass is 16.5. The second-order valence-corrected chi connectivity index (χ2v) is 3.84. The number of hydrogen-bond acceptors (Lipinski definition) is 5. The van der Waals surface area contributed by atoms with Crippen molar-refractivity contribution in [2.24, 2.45) is 5.73 Å². The van der Waals surface area contributed by atoms with E-state index in [4.69, 9.17) is 19.9 Å². The van der Waals surface area contributed by atoms with Gasteiger partial charge < -0.3 is 25.3 Å². The first-order valence-electron chi connectivity index (χ1n) is 5.91. The van der Waals surface area contributed by atoms with Gasteiger partial charge in [0.05, 0.1) is 21.3 Å². The first-order chi connectivity index (χ1) is 9.08. The molecule has 1 aromatic carbocycles. The van der Waals surface area contributed by atoms with Crippen molar-refractivity contribution in [3.8, 4) is 17.2 Å². The number of primary amides is 1. The van der Waals surface area contributed by atoms with Crippen LogP contribution < -0.4 is 25.3 Å². The lowest BCUT2D eigenvalue weighted by molar-refractivity contribution is -0.120. The summed E-state index contributed by atoms with van der Waals surface area (Å²) in [6.45, 7) is 2.49. The molecule has 1 unspecified atom stereocenters. The molecular weight excluding hydrogens is 248 g/mol. The van der Waals surface area contributed by atoms with Crippen LogP contribution in [0, 0.1) is 0 Å². The Morgan fingerprint density at radius 1 is 1.16 bits per heavy atom. The third-order valence-electron chi connectivity index (χ3n) is 2.74. The molecule has 6 nitrogen and oxygen atoms in total. The highest BCUT2D eigenvalue weighted by molar-refractivity contribution is 5.82. The molecule has 0 saturated heterocycles. The summed E-state index contributed by atoms with van der Waals surface area (Å²) in [7, 11) is 4.59. The minimum absolute atomic E-state index is 0.479. The third-order valence-corrected chi connectivity index (χ3v) is 2.74. The average Bonchev–Trinajstić information content (AvgIpc) is 2.42. The van der Waals surface area contributed by atoms with Crippen molar-refractivity contribution in [2.45, 2.75) is 13.0 Å². The van der Waals surface area contributed by atoms with Gasteiger partial charge in [-0.25, -0.2) is 0 Å². The van der Waals surface area contributed by atoms with Crippen LogP contribution in [0.3, 0.4) is 0 Å². The molecule has 0 aromatic heterocycles. The van der Waals surface area contributed by atoms with E-state index in [0.29, 0.717) is 29.4 Å². The fraction of sp³-hybridized carbons (Fsp3) is 0.462. The summed E-state index contributed by atoms with van der Waals surface area (Å²) in [6.07, 6.45) is 0. The molecule has 0 aliphatic carbocycles. The molecule has 0 fully saturated rings. The SMILES string of the molecule is CCNC(C(N)=O)c1cc(OC)c(OC)cc1OC. The molecule has 106 valence electrons. The maximum atomic E-state index is 11.5. The summed E-state index contributed by atoms with van der Waals surface area (Å²) in [5.41, 5.74) is 6.03. The smallest absolute Gasteiger partial charge is 0.239 e. The summed E-state index contributed by atoms with van der Waals surface area (Å²) in [5, 5.41) is 3.01. The quantitative estimate of drug-likeness (QED) is 0.766. The van der Waals surface area contributed by atoms with Crippen LogP contribution in [0.15, 0.2) is 12.1 Å². The molecule has 0 bridgehead atoms. The van der Waals surface area contributed by atoms with Gasteiger partial charge in [0, 0.05) is 11.6 Å². The second kappa shape index (κ2) is 6.84. The summed E-state index contributed by atoms with van der Waals surface area (Å²) in [4.78, 5) is 11.5. The second-order valence-electron chi connectivity index (χ2n) is 3.84. The van der Waals surface area contributed by atoms with E-state index in [1.807, 2.05) is 6.92 Å². The lowest BCUT2D eigenvalue weighted by Gasteiger charge is -2.20. The predicted octanol–water partition coefficient (Wildman–Crippen LogP) is 0.848. The van der Waals surface area contributed by atoms with Crippen molar-refractivity contribution in [3.63, 3.8) is 0 Å². The Morgan fingerprint density at radius 2 is 1.68 bits per heavy atom. The molecule has 1 aromatic rings. The van der Waals surface area contributed by atoms with Crippen LogP contribution in [-0.4, -0.2) is 33.8 Å². The summed E-state index contributed by atoms with van der Waals surface area (Å²) >= 11 is 0. The minimum Gasteiger partial charge on any atom is -0.496 e. The van der Waals surface area contributed by atoms with E-state index in [0.717, 1.165) is 0 Å². The first kappa shape index (κ1) is 15.1. The highest BCUT2D eigenvalue weighted by Crippen LogP contribution is 2.37. The number of hydrogen-bond donors (Lipinski definition) is 2. The van der Waals surface area contributed by atoms with Gasteiger partial charge in [-0.1, -0.05) is 6.92 Å². The van der Waals surface area contributed by atoms with Crippen molar-refractivity contribution in [3.05, 3.63) is 17.7 Å². The normalized spacial score (nSPS) is 11.8. The van der Waals surface area contributed by atoms with Crippen LogP contribution in [-0.2, 0) is 4.79 Å². The van der Waals surface area contributed by atoms with Gasteiger partial charge in [0.1, 0.15) is 11.8 Å². The average molecular weight is 268 g/mol. The molecule has 0 spiro atoms. The van der Waals surface area contributed by atoms with Crippen LogP contribution in [0.5, 0.6) is 17.2 Å². The molecule has 0 aliphatic heterocycles. The predicted molar refractivity (Wildman–Crippen MR) is 71.7 cm³/mol. The number of ether oxygens (including phenoxy) is 3. The van der Waals surface area contributed by atoms with Crippen molar-refractivity contribution in [2.75, 3.05) is 27.9 Å². The van der Waals surface area contributed by atoms with Crippen LogP contribution in [0.1, 0.15) is 18.5 Å². The van der Waals surface area contributed by atoms with Crippen LogP contribution >= 0.6 is 0 Å². The largest absolute Gasteiger partial charge is 0.496 e. The van der Waals surface area contributed by atoms with E-state index >= 15 is 0 Å². The zero-order chi connectivity index (χ0) is 14.4. The molecule has 1 rings (SSSR count). The van der Waals surface area contributed by atoms with Gasteiger partial charge in [0.15, 0.2) is 11.5 Å².